The average molecular weight is 294 g/mol. The third-order valence-electron chi connectivity index (χ3n) is 3.31. The summed E-state index contributed by atoms with van der Waals surface area (Å²) in [6.07, 6.45) is 3.30. The number of carbonyl (C=O) groups excluding carboxylic acids is 1. The fourth-order valence-electron chi connectivity index (χ4n) is 2.30. The number of aryl methyl sites for hydroxylation is 1. The summed E-state index contributed by atoms with van der Waals surface area (Å²) in [5.41, 5.74) is 1.02. The highest BCUT2D eigenvalue weighted by atomic mass is 16.1. The van der Waals surface area contributed by atoms with Crippen LogP contribution in [0.4, 0.5) is 5.69 Å². The van der Waals surface area contributed by atoms with E-state index in [-0.39, 0.29) is 17.9 Å². The van der Waals surface area contributed by atoms with E-state index in [0.717, 1.165) is 0 Å². The van der Waals surface area contributed by atoms with E-state index in [4.69, 9.17) is 0 Å². The van der Waals surface area contributed by atoms with Gasteiger partial charge in [0.1, 0.15) is 0 Å². The zero-order chi connectivity index (χ0) is 15.5. The SMILES string of the molecule is Cn1nc(CC(=O)Nc2cccnc2)c2ccccc2c1=O. The van der Waals surface area contributed by atoms with Crippen molar-refractivity contribution < 1.29 is 4.79 Å². The largest absolute Gasteiger partial charge is 0.324 e. The number of pyridine rings is 1. The van der Waals surface area contributed by atoms with Gasteiger partial charge < -0.3 is 5.32 Å². The molecule has 0 fully saturated rings. The summed E-state index contributed by atoms with van der Waals surface area (Å²) in [6.45, 7) is 0. The van der Waals surface area contributed by atoms with Crippen LogP contribution < -0.4 is 10.9 Å². The summed E-state index contributed by atoms with van der Waals surface area (Å²) < 4.78 is 1.26. The van der Waals surface area contributed by atoms with E-state index >= 15 is 0 Å². The van der Waals surface area contributed by atoms with Crippen molar-refractivity contribution in [2.75, 3.05) is 5.32 Å². The van der Waals surface area contributed by atoms with Crippen LogP contribution in [-0.2, 0) is 18.3 Å². The summed E-state index contributed by atoms with van der Waals surface area (Å²) in [5.74, 6) is -0.204. The lowest BCUT2D eigenvalue weighted by Gasteiger charge is -2.08. The first-order valence-corrected chi connectivity index (χ1v) is 6.80. The van der Waals surface area contributed by atoms with Crippen LogP contribution in [0.3, 0.4) is 0 Å². The van der Waals surface area contributed by atoms with E-state index in [0.29, 0.717) is 22.2 Å². The number of hydrogen-bond donors (Lipinski definition) is 1. The van der Waals surface area contributed by atoms with Gasteiger partial charge in [-0.15, -0.1) is 0 Å². The van der Waals surface area contributed by atoms with Crippen LogP contribution in [0.15, 0.2) is 53.6 Å². The molecule has 0 saturated heterocycles. The maximum atomic E-state index is 12.2. The van der Waals surface area contributed by atoms with Gasteiger partial charge in [-0.1, -0.05) is 18.2 Å². The Balaban J connectivity index is 1.92. The number of nitrogens with one attached hydrogen (secondary N) is 1. The van der Waals surface area contributed by atoms with Crippen molar-refractivity contribution in [3.8, 4) is 0 Å². The van der Waals surface area contributed by atoms with E-state index < -0.39 is 0 Å². The Kier molecular flexibility index (Phi) is 3.65. The Labute approximate surface area is 126 Å². The molecule has 0 aliphatic heterocycles. The Hall–Kier alpha value is -3.02. The van der Waals surface area contributed by atoms with E-state index in [2.05, 4.69) is 15.4 Å². The minimum atomic E-state index is -0.204. The lowest BCUT2D eigenvalue weighted by Crippen LogP contribution is -2.24. The molecule has 0 unspecified atom stereocenters. The summed E-state index contributed by atoms with van der Waals surface area (Å²) in [5, 5.41) is 8.23. The van der Waals surface area contributed by atoms with E-state index in [9.17, 15) is 9.59 Å². The molecule has 0 aliphatic rings. The highest BCUT2D eigenvalue weighted by Crippen LogP contribution is 2.14. The van der Waals surface area contributed by atoms with E-state index in [1.165, 1.54) is 4.68 Å². The molecular weight excluding hydrogens is 280 g/mol. The zero-order valence-electron chi connectivity index (χ0n) is 12.0. The number of aromatic nitrogens is 3. The molecule has 22 heavy (non-hydrogen) atoms. The van der Waals surface area contributed by atoms with Crippen LogP contribution in [-0.4, -0.2) is 20.7 Å². The molecule has 0 spiro atoms. The highest BCUT2D eigenvalue weighted by Gasteiger charge is 2.12. The molecular formula is C16H14N4O2. The second-order valence-electron chi connectivity index (χ2n) is 4.89. The Bertz CT molecular complexity index is 888. The van der Waals surface area contributed by atoms with Gasteiger partial charge in [-0.3, -0.25) is 14.6 Å². The Morgan fingerprint density at radius 2 is 1.95 bits per heavy atom. The lowest BCUT2D eigenvalue weighted by atomic mass is 10.1. The monoisotopic (exact) mass is 294 g/mol. The molecule has 2 heterocycles. The van der Waals surface area contributed by atoms with Crippen molar-refractivity contribution in [1.82, 2.24) is 14.8 Å². The zero-order valence-corrected chi connectivity index (χ0v) is 12.0. The van der Waals surface area contributed by atoms with Crippen molar-refractivity contribution in [3.05, 3.63) is 64.8 Å². The summed E-state index contributed by atoms with van der Waals surface area (Å²) in [4.78, 5) is 28.1. The average Bonchev–Trinajstić information content (AvgIpc) is 2.53. The molecule has 2 aromatic heterocycles. The molecule has 0 saturated carbocycles. The molecule has 6 nitrogen and oxygen atoms in total. The first kappa shape index (κ1) is 13.9. The number of fused-ring (bicyclic) bond motifs is 1. The molecule has 0 aliphatic carbocycles. The van der Waals surface area contributed by atoms with Crippen LogP contribution in [0, 0.1) is 0 Å². The molecule has 1 N–H and O–H groups in total. The number of benzene rings is 1. The van der Waals surface area contributed by atoms with Gasteiger partial charge in [-0.05, 0) is 18.2 Å². The topological polar surface area (TPSA) is 76.9 Å². The van der Waals surface area contributed by atoms with Crippen molar-refractivity contribution in [2.24, 2.45) is 7.05 Å². The Morgan fingerprint density at radius 1 is 1.18 bits per heavy atom. The lowest BCUT2D eigenvalue weighted by molar-refractivity contribution is -0.115. The van der Waals surface area contributed by atoms with Gasteiger partial charge >= 0.3 is 0 Å². The maximum absolute atomic E-state index is 12.2. The summed E-state index contributed by atoms with van der Waals surface area (Å²) in [6, 6.07) is 10.7. The minimum absolute atomic E-state index is 0.0868. The smallest absolute Gasteiger partial charge is 0.274 e. The van der Waals surface area contributed by atoms with Crippen molar-refractivity contribution in [1.29, 1.82) is 0 Å². The number of carbonyl (C=O) groups is 1. The molecule has 1 aromatic carbocycles. The number of hydrogen-bond acceptors (Lipinski definition) is 4. The quantitative estimate of drug-likeness (QED) is 0.794. The number of anilines is 1. The maximum Gasteiger partial charge on any atom is 0.274 e. The van der Waals surface area contributed by atoms with Gasteiger partial charge in [-0.2, -0.15) is 5.10 Å². The number of nitrogens with zero attached hydrogens (tertiary/aromatic N) is 3. The van der Waals surface area contributed by atoms with E-state index in [1.807, 2.05) is 6.07 Å². The van der Waals surface area contributed by atoms with Gasteiger partial charge in [0.15, 0.2) is 0 Å². The summed E-state index contributed by atoms with van der Waals surface area (Å²) >= 11 is 0. The molecule has 1 amide bonds. The number of amides is 1. The standard InChI is InChI=1S/C16H14N4O2/c1-20-16(22)13-7-3-2-6-12(13)14(19-20)9-15(21)18-11-5-4-8-17-10-11/h2-8,10H,9H2,1H3,(H,18,21). The molecule has 0 bridgehead atoms. The van der Waals surface area contributed by atoms with Crippen molar-refractivity contribution in [3.63, 3.8) is 0 Å². The molecule has 0 radical (unpaired) electrons. The summed E-state index contributed by atoms with van der Waals surface area (Å²) in [7, 11) is 1.58. The minimum Gasteiger partial charge on any atom is -0.324 e. The molecule has 3 rings (SSSR count). The van der Waals surface area contributed by atoms with Crippen LogP contribution in [0.2, 0.25) is 0 Å². The van der Waals surface area contributed by atoms with Gasteiger partial charge in [0.2, 0.25) is 5.91 Å². The molecule has 3 aromatic rings. The van der Waals surface area contributed by atoms with Gasteiger partial charge in [0.25, 0.3) is 5.56 Å². The highest BCUT2D eigenvalue weighted by molar-refractivity contribution is 5.95. The van der Waals surface area contributed by atoms with Crippen LogP contribution in [0.1, 0.15) is 5.69 Å². The molecule has 6 heteroatoms. The second kappa shape index (κ2) is 5.77. The second-order valence-corrected chi connectivity index (χ2v) is 4.89. The van der Waals surface area contributed by atoms with Gasteiger partial charge in [0.05, 0.1) is 29.4 Å². The van der Waals surface area contributed by atoms with Crippen LogP contribution in [0.25, 0.3) is 10.8 Å². The molecule has 110 valence electrons. The van der Waals surface area contributed by atoms with Gasteiger partial charge in [0, 0.05) is 18.6 Å². The van der Waals surface area contributed by atoms with E-state index in [1.54, 1.807) is 49.8 Å². The third kappa shape index (κ3) is 2.71. The predicted octanol–water partition coefficient (Wildman–Crippen LogP) is 1.51. The van der Waals surface area contributed by atoms with Crippen molar-refractivity contribution >= 4 is 22.4 Å². The van der Waals surface area contributed by atoms with Crippen LogP contribution in [0.5, 0.6) is 0 Å². The third-order valence-corrected chi connectivity index (χ3v) is 3.31. The first-order chi connectivity index (χ1) is 10.6. The normalized spacial score (nSPS) is 10.6. The fraction of sp³-hybridized carbons (Fsp3) is 0.125. The predicted molar refractivity (Wildman–Crippen MR) is 83.6 cm³/mol. The van der Waals surface area contributed by atoms with Crippen molar-refractivity contribution in [2.45, 2.75) is 6.42 Å². The fourth-order valence-corrected chi connectivity index (χ4v) is 2.30. The molecule has 0 atom stereocenters. The Morgan fingerprint density at radius 3 is 2.68 bits per heavy atom. The number of rotatable bonds is 3. The van der Waals surface area contributed by atoms with Crippen LogP contribution >= 0.6 is 0 Å². The van der Waals surface area contributed by atoms with Gasteiger partial charge in [-0.25, -0.2) is 4.68 Å². The first-order valence-electron chi connectivity index (χ1n) is 6.80.